The van der Waals surface area contributed by atoms with Crippen molar-refractivity contribution in [1.82, 2.24) is 24.9 Å². The van der Waals surface area contributed by atoms with E-state index in [0.29, 0.717) is 87.1 Å². The first-order chi connectivity index (χ1) is 71.5. The smallest absolute Gasteiger partial charge is 0.255 e. The van der Waals surface area contributed by atoms with Gasteiger partial charge in [0.2, 0.25) is 11.8 Å². The molecular formula is C127H126N14O6. The fourth-order valence-electron chi connectivity index (χ4n) is 17.9. The van der Waals surface area contributed by atoms with Gasteiger partial charge in [-0.1, -0.05) is 294 Å². The van der Waals surface area contributed by atoms with Crippen LogP contribution in [0.4, 0.5) is 51.2 Å². The Morgan fingerprint density at radius 3 is 0.980 bits per heavy atom. The number of anilines is 9. The highest BCUT2D eigenvalue weighted by Gasteiger charge is 2.24. The number of hydrogen-bond acceptors (Lipinski definition) is 14. The predicted octanol–water partition coefficient (Wildman–Crippen LogP) is 23.5. The lowest BCUT2D eigenvalue weighted by atomic mass is 9.98. The first kappa shape index (κ1) is 104. The zero-order chi connectivity index (χ0) is 103. The van der Waals surface area contributed by atoms with Gasteiger partial charge in [-0.15, -0.1) is 0 Å². The number of aryl methyl sites for hydroxylation is 1. The van der Waals surface area contributed by atoms with E-state index >= 15 is 0 Å². The van der Waals surface area contributed by atoms with Gasteiger partial charge in [0.1, 0.15) is 0 Å². The van der Waals surface area contributed by atoms with Gasteiger partial charge >= 0.3 is 0 Å². The molecule has 20 nitrogen and oxygen atoms in total. The topological polar surface area (TPSA) is 292 Å². The second-order valence-corrected chi connectivity index (χ2v) is 37.0. The monoisotopic (exact) mass is 1940 g/mol. The van der Waals surface area contributed by atoms with E-state index in [-0.39, 0.29) is 35.4 Å². The largest absolute Gasteiger partial charge is 0.399 e. The van der Waals surface area contributed by atoms with Crippen LogP contribution in [-0.2, 0) is 67.9 Å². The van der Waals surface area contributed by atoms with E-state index in [1.54, 1.807) is 84.9 Å². The fourth-order valence-corrected chi connectivity index (χ4v) is 17.9. The number of nitrogens with zero attached hydrogens (tertiary/aromatic N) is 4. The van der Waals surface area contributed by atoms with Crippen molar-refractivity contribution < 1.29 is 28.8 Å². The number of para-hydroxylation sites is 7. The Balaban J connectivity index is 0.000000138. The average Bonchev–Trinajstić information content (AvgIpc) is 0.835. The van der Waals surface area contributed by atoms with Crippen LogP contribution in [0, 0.1) is 0 Å². The van der Waals surface area contributed by atoms with Crippen molar-refractivity contribution in [2.24, 2.45) is 0 Å². The Hall–Kier alpha value is -17.4. The normalized spacial score (nSPS) is 12.9. The van der Waals surface area contributed by atoms with Crippen LogP contribution in [0.1, 0.15) is 131 Å². The van der Waals surface area contributed by atoms with Crippen molar-refractivity contribution in [2.45, 2.75) is 64.7 Å². The molecule has 19 rings (SSSR count). The van der Waals surface area contributed by atoms with Crippen molar-refractivity contribution >= 4 is 121 Å². The summed E-state index contributed by atoms with van der Waals surface area (Å²) >= 11 is 0. The molecular weight excluding hydrogens is 1820 g/mol. The van der Waals surface area contributed by atoms with E-state index in [2.05, 4.69) is 218 Å². The van der Waals surface area contributed by atoms with Gasteiger partial charge in [-0.2, -0.15) is 0 Å². The third-order valence-corrected chi connectivity index (χ3v) is 26.2. The number of nitrogens with two attached hydrogens (primary N) is 4. The van der Waals surface area contributed by atoms with Crippen LogP contribution in [0.15, 0.2) is 415 Å². The third-order valence-electron chi connectivity index (χ3n) is 26.2. The number of carbonyl (C=O) groups is 6. The van der Waals surface area contributed by atoms with Crippen LogP contribution in [0.2, 0.25) is 0 Å². The maximum atomic E-state index is 12.5. The minimum Gasteiger partial charge on any atom is -0.399 e. The molecule has 0 bridgehead atoms. The molecule has 4 heterocycles. The molecule has 0 atom stereocenters. The Bertz CT molecular complexity index is 7190. The molecule has 0 unspecified atom stereocenters. The maximum absolute atomic E-state index is 12.5. The van der Waals surface area contributed by atoms with Gasteiger partial charge in [-0.05, 0) is 265 Å². The van der Waals surface area contributed by atoms with Gasteiger partial charge in [-0.3, -0.25) is 48.4 Å². The molecule has 4 aliphatic rings. The summed E-state index contributed by atoms with van der Waals surface area (Å²) in [6.45, 7) is 32.9. The molecule has 0 radical (unpaired) electrons. The summed E-state index contributed by atoms with van der Waals surface area (Å²) in [5.74, 6) is -0.893. The Kier molecular flexibility index (Phi) is 36.8. The molecule has 20 heteroatoms. The molecule has 15 aromatic carbocycles. The van der Waals surface area contributed by atoms with E-state index in [9.17, 15) is 28.8 Å². The SMILES string of the molecule is C=C(CN1CCc2ccccc2C1)c1ccc(/C=C/C(=O)Nc2ccccc2N)cc1.C=C(CN1CCc2ccccc2C1)c1ccc(C(=O)Nc2cccc(N)c2)cc1.C=C(CN1CCc2ccccc2C1)c1ccc(C(=O)Nc2ccccc2)cc1.C=C(CN1CCc2ccccc2C1)c1ccc(CCC(=O)Nc2ccccc2N)cc1.C=C(CNC(=O)c1ccccc1)c1ccc(C(=O)Nc2ccccc2N)cc1. The molecule has 0 aromatic heterocycles. The lowest BCUT2D eigenvalue weighted by molar-refractivity contribution is -0.116. The van der Waals surface area contributed by atoms with E-state index in [0.717, 1.165) is 177 Å². The molecule has 15 aromatic rings. The van der Waals surface area contributed by atoms with Gasteiger partial charge in [0, 0.05) is 137 Å². The quantitative estimate of drug-likeness (QED) is 0.0154. The summed E-state index contributed by atoms with van der Waals surface area (Å²) in [5, 5.41) is 17.1. The summed E-state index contributed by atoms with van der Waals surface area (Å²) in [6, 6.07) is 121. The highest BCUT2D eigenvalue weighted by molar-refractivity contribution is 6.07. The van der Waals surface area contributed by atoms with Gasteiger partial charge in [0.15, 0.2) is 0 Å². The first-order valence-electron chi connectivity index (χ1n) is 49.6. The number of nitrogen functional groups attached to an aromatic ring is 4. The number of carbonyl (C=O) groups excluding carboxylic acids is 6. The molecule has 0 aliphatic carbocycles. The summed E-state index contributed by atoms with van der Waals surface area (Å²) in [7, 11) is 0. The second-order valence-electron chi connectivity index (χ2n) is 37.0. The maximum Gasteiger partial charge on any atom is 0.255 e. The number of fused-ring (bicyclic) bond motifs is 4. The van der Waals surface area contributed by atoms with Gasteiger partial charge in [0.25, 0.3) is 23.6 Å². The molecule has 0 saturated heterocycles. The van der Waals surface area contributed by atoms with Crippen LogP contribution in [-0.4, -0.2) is 114 Å². The van der Waals surface area contributed by atoms with Crippen LogP contribution < -0.4 is 54.8 Å². The highest BCUT2D eigenvalue weighted by Crippen LogP contribution is 2.31. The average molecular weight is 1940 g/mol. The molecule has 6 amide bonds. The lowest BCUT2D eigenvalue weighted by Gasteiger charge is -2.29. The number of amides is 6. The third kappa shape index (κ3) is 30.8. The Labute approximate surface area is 862 Å². The summed E-state index contributed by atoms with van der Waals surface area (Å²) in [4.78, 5) is 83.5. The zero-order valence-corrected chi connectivity index (χ0v) is 83.0. The number of rotatable bonds is 29. The minimum atomic E-state index is -0.243. The molecule has 0 fully saturated rings. The fraction of sp³-hybridized carbons (Fsp3) is 0.150. The van der Waals surface area contributed by atoms with Crippen molar-refractivity contribution in [3.8, 4) is 0 Å². The standard InChI is InChI=1S/C27H29N3O.C27H27N3O.C25H25N3O.C25H24N2O.C23H21N3O2/c2*1-20(18-30-17-16-23-6-2-3-7-24(23)19-30)22-13-10-21(11-14-22)12-15-27(31)29-26-9-5-4-8-25(26)28;1-18(16-28-14-13-20-5-2-3-6-22(20)17-28)19-9-11-21(12-10-19)25(29)27-24-8-4-7-23(26)15-24;1-19(17-27-16-15-21-7-5-6-8-23(21)18-27)20-11-13-22(14-12-20)25(28)26-24-9-3-2-4-10-24;1-16(15-25-22(27)18-7-3-2-4-8-18)17-11-13-19(14-12-17)23(28)26-21-10-6-5-9-20(21)24/h2-11,13-14H,1,12,15-19,28H2,(H,29,31);2-15H,1,16-19,28H2,(H,29,31);2-12,15H,1,13-14,16-17,26H2,(H,27,29);2-14H,1,15-18H2,(H,26,28);2-14H,1,15,24H2,(H,25,27)(H,26,28)/b;15-12+;;;. The Morgan fingerprint density at radius 1 is 0.279 bits per heavy atom. The van der Waals surface area contributed by atoms with Gasteiger partial charge in [0.05, 0.1) is 34.1 Å². The number of hydrogen-bond donors (Lipinski definition) is 10. The van der Waals surface area contributed by atoms with Crippen LogP contribution in [0.25, 0.3) is 33.9 Å². The van der Waals surface area contributed by atoms with Crippen molar-refractivity contribution in [1.29, 1.82) is 0 Å². The van der Waals surface area contributed by atoms with Crippen molar-refractivity contribution in [2.75, 3.05) is 108 Å². The zero-order valence-electron chi connectivity index (χ0n) is 83.0. The molecule has 4 aliphatic heterocycles. The van der Waals surface area contributed by atoms with Crippen LogP contribution >= 0.6 is 0 Å². The molecule has 0 spiro atoms. The molecule has 0 saturated carbocycles. The summed E-state index contributed by atoms with van der Waals surface area (Å²) < 4.78 is 0. The Morgan fingerprint density at radius 2 is 0.585 bits per heavy atom. The van der Waals surface area contributed by atoms with E-state index in [4.69, 9.17) is 22.9 Å². The summed E-state index contributed by atoms with van der Waals surface area (Å²) in [6.07, 6.45) is 8.76. The molecule has 147 heavy (non-hydrogen) atoms. The summed E-state index contributed by atoms with van der Waals surface area (Å²) in [5.41, 5.74) is 55.3. The highest BCUT2D eigenvalue weighted by atomic mass is 16.2. The first-order valence-corrected chi connectivity index (χ1v) is 49.6. The van der Waals surface area contributed by atoms with E-state index < -0.39 is 0 Å². The molecule has 14 N–H and O–H groups in total. The lowest BCUT2D eigenvalue weighted by Crippen LogP contribution is -2.31. The predicted molar refractivity (Wildman–Crippen MR) is 606 cm³/mol. The van der Waals surface area contributed by atoms with Crippen molar-refractivity contribution in [3.05, 3.63) is 521 Å². The minimum absolute atomic E-state index is 0.0308. The van der Waals surface area contributed by atoms with Crippen LogP contribution in [0.3, 0.4) is 0 Å². The number of benzene rings is 15. The van der Waals surface area contributed by atoms with E-state index in [1.807, 2.05) is 164 Å². The van der Waals surface area contributed by atoms with Crippen molar-refractivity contribution in [3.63, 3.8) is 0 Å². The van der Waals surface area contributed by atoms with Gasteiger partial charge in [-0.25, -0.2) is 0 Å². The molecule has 740 valence electrons. The number of nitrogens with one attached hydrogen (secondary N) is 6. The van der Waals surface area contributed by atoms with E-state index in [1.165, 1.54) is 50.6 Å². The van der Waals surface area contributed by atoms with Crippen LogP contribution in [0.5, 0.6) is 0 Å². The van der Waals surface area contributed by atoms with Gasteiger partial charge < -0.3 is 54.8 Å². The second kappa shape index (κ2) is 52.0.